The molecule has 3 rings (SSSR count). The fraction of sp³-hybridized carbons (Fsp3) is 0.294. The molecule has 3 aromatic rings. The van der Waals surface area contributed by atoms with Gasteiger partial charge in [0.2, 0.25) is 0 Å². The second-order valence-electron chi connectivity index (χ2n) is 5.30. The summed E-state index contributed by atoms with van der Waals surface area (Å²) in [7, 11) is 0. The van der Waals surface area contributed by atoms with Gasteiger partial charge in [-0.25, -0.2) is 14.4 Å². The van der Waals surface area contributed by atoms with E-state index in [0.717, 1.165) is 18.1 Å². The Kier molecular flexibility index (Phi) is 3.79. The molecule has 5 heteroatoms. The highest BCUT2D eigenvalue weighted by Crippen LogP contribution is 2.22. The van der Waals surface area contributed by atoms with Gasteiger partial charge in [0, 0.05) is 24.6 Å². The Bertz CT molecular complexity index is 801. The van der Waals surface area contributed by atoms with Crippen LogP contribution in [0.5, 0.6) is 0 Å². The summed E-state index contributed by atoms with van der Waals surface area (Å²) >= 11 is 0. The highest BCUT2D eigenvalue weighted by Gasteiger charge is 2.14. The van der Waals surface area contributed by atoms with E-state index in [0.29, 0.717) is 17.9 Å². The SMILES string of the molecule is CCn1c(Cn2ccnc2-c2ccccc2F)nc(C)c1C. The van der Waals surface area contributed by atoms with Crippen LogP contribution in [-0.4, -0.2) is 19.1 Å². The maximum atomic E-state index is 14.0. The predicted octanol–water partition coefficient (Wildman–Crippen LogP) is 3.57. The second-order valence-corrected chi connectivity index (χ2v) is 5.30. The summed E-state index contributed by atoms with van der Waals surface area (Å²) in [4.78, 5) is 8.95. The molecule has 0 spiro atoms. The summed E-state index contributed by atoms with van der Waals surface area (Å²) in [6, 6.07) is 6.70. The number of imidazole rings is 2. The highest BCUT2D eigenvalue weighted by atomic mass is 19.1. The molecule has 0 unspecified atom stereocenters. The molecule has 0 amide bonds. The van der Waals surface area contributed by atoms with Crippen LogP contribution in [0.1, 0.15) is 24.1 Å². The first kappa shape index (κ1) is 14.5. The Labute approximate surface area is 129 Å². The summed E-state index contributed by atoms with van der Waals surface area (Å²) in [5.74, 6) is 1.33. The third-order valence-electron chi connectivity index (χ3n) is 4.00. The van der Waals surface area contributed by atoms with Crippen LogP contribution >= 0.6 is 0 Å². The summed E-state index contributed by atoms with van der Waals surface area (Å²) in [5, 5.41) is 0. The number of halogens is 1. The molecule has 4 nitrogen and oxygen atoms in total. The summed E-state index contributed by atoms with van der Waals surface area (Å²) in [5.41, 5.74) is 2.71. The Morgan fingerprint density at radius 3 is 2.68 bits per heavy atom. The van der Waals surface area contributed by atoms with Crippen molar-refractivity contribution in [1.29, 1.82) is 0 Å². The van der Waals surface area contributed by atoms with Gasteiger partial charge < -0.3 is 9.13 Å². The Balaban J connectivity index is 2.01. The van der Waals surface area contributed by atoms with Gasteiger partial charge in [0.25, 0.3) is 0 Å². The molecule has 22 heavy (non-hydrogen) atoms. The standard InChI is InChI=1S/C17H19FN4/c1-4-22-13(3)12(2)20-16(22)11-21-10-9-19-17(21)14-7-5-6-8-15(14)18/h5-10H,4,11H2,1-3H3. The summed E-state index contributed by atoms with van der Waals surface area (Å²) in [6.07, 6.45) is 3.56. The zero-order valence-electron chi connectivity index (χ0n) is 13.0. The fourth-order valence-electron chi connectivity index (χ4n) is 2.74. The van der Waals surface area contributed by atoms with Crippen molar-refractivity contribution in [3.05, 3.63) is 59.7 Å². The molecule has 0 saturated carbocycles. The van der Waals surface area contributed by atoms with Crippen molar-refractivity contribution in [2.75, 3.05) is 0 Å². The smallest absolute Gasteiger partial charge is 0.143 e. The van der Waals surface area contributed by atoms with Crippen LogP contribution in [-0.2, 0) is 13.1 Å². The molecule has 0 aliphatic heterocycles. The molecule has 1 aromatic carbocycles. The van der Waals surface area contributed by atoms with Crippen LogP contribution < -0.4 is 0 Å². The third-order valence-corrected chi connectivity index (χ3v) is 4.00. The lowest BCUT2D eigenvalue weighted by atomic mass is 10.2. The second kappa shape index (κ2) is 5.75. The number of aromatic nitrogens is 4. The lowest BCUT2D eigenvalue weighted by molar-refractivity contribution is 0.621. The first-order valence-electron chi connectivity index (χ1n) is 7.40. The van der Waals surface area contributed by atoms with E-state index in [1.165, 1.54) is 11.8 Å². The average molecular weight is 298 g/mol. The van der Waals surface area contributed by atoms with E-state index in [4.69, 9.17) is 0 Å². The van der Waals surface area contributed by atoms with E-state index in [2.05, 4.69) is 28.4 Å². The Morgan fingerprint density at radius 1 is 1.18 bits per heavy atom. The van der Waals surface area contributed by atoms with Gasteiger partial charge in [0.1, 0.15) is 17.5 Å². The first-order chi connectivity index (χ1) is 10.6. The van der Waals surface area contributed by atoms with Crippen LogP contribution in [0.2, 0.25) is 0 Å². The molecule has 114 valence electrons. The minimum absolute atomic E-state index is 0.263. The van der Waals surface area contributed by atoms with Gasteiger partial charge in [-0.2, -0.15) is 0 Å². The zero-order valence-corrected chi connectivity index (χ0v) is 13.0. The molecule has 0 N–H and O–H groups in total. The first-order valence-corrected chi connectivity index (χ1v) is 7.40. The highest BCUT2D eigenvalue weighted by molar-refractivity contribution is 5.56. The lowest BCUT2D eigenvalue weighted by Crippen LogP contribution is -2.09. The third kappa shape index (κ3) is 2.43. The van der Waals surface area contributed by atoms with E-state index in [9.17, 15) is 4.39 Å². The van der Waals surface area contributed by atoms with Crippen molar-refractivity contribution in [2.45, 2.75) is 33.9 Å². The maximum absolute atomic E-state index is 14.0. The van der Waals surface area contributed by atoms with Crippen LogP contribution in [0.25, 0.3) is 11.4 Å². The number of nitrogens with zero attached hydrogens (tertiary/aromatic N) is 4. The minimum Gasteiger partial charge on any atom is -0.331 e. The number of aryl methyl sites for hydroxylation is 1. The molecule has 2 aromatic heterocycles. The molecule has 0 aliphatic carbocycles. The van der Waals surface area contributed by atoms with E-state index < -0.39 is 0 Å². The van der Waals surface area contributed by atoms with Crippen molar-refractivity contribution in [2.24, 2.45) is 0 Å². The van der Waals surface area contributed by atoms with Gasteiger partial charge in [-0.3, -0.25) is 0 Å². The van der Waals surface area contributed by atoms with Gasteiger partial charge in [0.05, 0.1) is 17.8 Å². The largest absolute Gasteiger partial charge is 0.331 e. The molecular formula is C17H19FN4. The van der Waals surface area contributed by atoms with E-state index in [1.807, 2.05) is 23.8 Å². The van der Waals surface area contributed by atoms with Crippen molar-refractivity contribution < 1.29 is 4.39 Å². The van der Waals surface area contributed by atoms with Gasteiger partial charge >= 0.3 is 0 Å². The van der Waals surface area contributed by atoms with Gasteiger partial charge in [-0.1, -0.05) is 12.1 Å². The average Bonchev–Trinajstić information content (AvgIpc) is 3.06. The van der Waals surface area contributed by atoms with E-state index in [1.54, 1.807) is 18.3 Å². The van der Waals surface area contributed by atoms with E-state index >= 15 is 0 Å². The number of hydrogen-bond donors (Lipinski definition) is 0. The summed E-state index contributed by atoms with van der Waals surface area (Å²) in [6.45, 7) is 7.62. The maximum Gasteiger partial charge on any atom is 0.143 e. The zero-order chi connectivity index (χ0) is 15.7. The van der Waals surface area contributed by atoms with Gasteiger partial charge in [-0.05, 0) is 32.9 Å². The topological polar surface area (TPSA) is 35.6 Å². The Hall–Kier alpha value is -2.43. The molecule has 0 atom stereocenters. The van der Waals surface area contributed by atoms with Gasteiger partial charge in [-0.15, -0.1) is 0 Å². The molecule has 0 radical (unpaired) electrons. The fourth-order valence-corrected chi connectivity index (χ4v) is 2.74. The lowest BCUT2D eigenvalue weighted by Gasteiger charge is -2.10. The van der Waals surface area contributed by atoms with Crippen LogP contribution in [0.15, 0.2) is 36.7 Å². The van der Waals surface area contributed by atoms with Crippen LogP contribution in [0.3, 0.4) is 0 Å². The quantitative estimate of drug-likeness (QED) is 0.738. The molecule has 0 saturated heterocycles. The molecule has 0 aliphatic rings. The number of benzene rings is 1. The predicted molar refractivity (Wildman–Crippen MR) is 84.1 cm³/mol. The van der Waals surface area contributed by atoms with Crippen LogP contribution in [0.4, 0.5) is 4.39 Å². The van der Waals surface area contributed by atoms with Crippen LogP contribution in [0, 0.1) is 19.7 Å². The molecular weight excluding hydrogens is 279 g/mol. The minimum atomic E-state index is -0.263. The molecule has 0 fully saturated rings. The number of hydrogen-bond acceptors (Lipinski definition) is 2. The number of rotatable bonds is 4. The van der Waals surface area contributed by atoms with Gasteiger partial charge in [0.15, 0.2) is 0 Å². The van der Waals surface area contributed by atoms with E-state index in [-0.39, 0.29) is 5.82 Å². The molecule has 0 bridgehead atoms. The molecule has 2 heterocycles. The monoisotopic (exact) mass is 298 g/mol. The Morgan fingerprint density at radius 2 is 1.95 bits per heavy atom. The normalized spacial score (nSPS) is 11.1. The van der Waals surface area contributed by atoms with Crippen molar-refractivity contribution >= 4 is 0 Å². The van der Waals surface area contributed by atoms with Crippen molar-refractivity contribution in [3.63, 3.8) is 0 Å². The summed E-state index contributed by atoms with van der Waals surface area (Å²) < 4.78 is 18.1. The van der Waals surface area contributed by atoms with Crippen molar-refractivity contribution in [1.82, 2.24) is 19.1 Å². The van der Waals surface area contributed by atoms with Crippen molar-refractivity contribution in [3.8, 4) is 11.4 Å².